The Bertz CT molecular complexity index is 1920. The van der Waals surface area contributed by atoms with E-state index in [1.165, 1.54) is 85.4 Å². The zero-order valence-electron chi connectivity index (χ0n) is 27.8. The van der Waals surface area contributed by atoms with Gasteiger partial charge in [0.1, 0.15) is 0 Å². The van der Waals surface area contributed by atoms with Gasteiger partial charge in [0.2, 0.25) is 0 Å². The highest BCUT2D eigenvalue weighted by Crippen LogP contribution is 2.43. The van der Waals surface area contributed by atoms with Crippen LogP contribution in [0.4, 0.5) is 0 Å². The largest absolute Gasteiger partial charge is 0.289 e. The second-order valence-electron chi connectivity index (χ2n) is 13.4. The first kappa shape index (κ1) is 32.7. The monoisotopic (exact) mass is 666 g/mol. The van der Waals surface area contributed by atoms with E-state index < -0.39 is 0 Å². The van der Waals surface area contributed by atoms with Crippen LogP contribution < -0.4 is 0 Å². The number of rotatable bonds is 10. The van der Waals surface area contributed by atoms with Crippen LogP contribution in [-0.4, -0.2) is 11.6 Å². The maximum atomic E-state index is 14.0. The summed E-state index contributed by atoms with van der Waals surface area (Å²) in [7, 11) is 0. The van der Waals surface area contributed by atoms with Gasteiger partial charge in [-0.2, -0.15) is 0 Å². The molecule has 2 nitrogen and oxygen atoms in total. The molecule has 0 saturated heterocycles. The molecule has 5 aromatic rings. The van der Waals surface area contributed by atoms with Gasteiger partial charge < -0.3 is 0 Å². The van der Waals surface area contributed by atoms with Gasteiger partial charge in [-0.25, -0.2) is 0 Å². The van der Waals surface area contributed by atoms with E-state index in [2.05, 4.69) is 86.6 Å². The van der Waals surface area contributed by atoms with Crippen molar-refractivity contribution < 1.29 is 9.59 Å². The van der Waals surface area contributed by atoms with Gasteiger partial charge in [-0.1, -0.05) is 134 Å². The van der Waals surface area contributed by atoms with E-state index in [-0.39, 0.29) is 11.6 Å². The molecule has 0 aromatic heterocycles. The Balaban J connectivity index is 1.09. The van der Waals surface area contributed by atoms with Crippen molar-refractivity contribution in [1.82, 2.24) is 0 Å². The number of carbonyl (C=O) groups is 2. The number of aryl methyl sites for hydroxylation is 1. The first-order valence-electron chi connectivity index (χ1n) is 17.5. The summed E-state index contributed by atoms with van der Waals surface area (Å²) in [5.74, 6) is 1.44. The lowest BCUT2D eigenvalue weighted by Gasteiger charge is -2.29. The predicted molar refractivity (Wildman–Crippen MR) is 200 cm³/mol. The molecule has 0 radical (unpaired) electrons. The average Bonchev–Trinajstić information content (AvgIpc) is 3.13. The maximum absolute atomic E-state index is 14.0. The molecule has 0 bridgehead atoms. The molecular formula is C44H42O2S2. The Hall–Kier alpha value is -3.86. The second kappa shape index (κ2) is 14.7. The first-order chi connectivity index (χ1) is 23.5. The minimum atomic E-state index is -0.0873. The van der Waals surface area contributed by atoms with E-state index in [1.807, 2.05) is 24.3 Å². The molecule has 7 rings (SSSR count). The summed E-state index contributed by atoms with van der Waals surface area (Å²) < 4.78 is 0. The maximum Gasteiger partial charge on any atom is 0.195 e. The highest BCUT2D eigenvalue weighted by atomic mass is 32.2. The lowest BCUT2D eigenvalue weighted by Crippen LogP contribution is -2.22. The van der Waals surface area contributed by atoms with E-state index in [1.54, 1.807) is 23.9 Å². The molecule has 2 aliphatic rings. The van der Waals surface area contributed by atoms with Gasteiger partial charge in [-0.3, -0.25) is 9.59 Å². The normalized spacial score (nSPS) is 17.2. The van der Waals surface area contributed by atoms with Crippen LogP contribution >= 0.6 is 23.5 Å². The summed E-state index contributed by atoms with van der Waals surface area (Å²) in [5, 5.41) is 0. The summed E-state index contributed by atoms with van der Waals surface area (Å²) in [5.41, 5.74) is 7.04. The number of carbonyl (C=O) groups excluding carboxylic acids is 2. The summed E-state index contributed by atoms with van der Waals surface area (Å²) in [4.78, 5) is 31.6. The second-order valence-corrected chi connectivity index (χ2v) is 15.6. The molecule has 48 heavy (non-hydrogen) atoms. The number of hydrogen-bond donors (Lipinski definition) is 0. The number of benzene rings is 5. The highest BCUT2D eigenvalue weighted by molar-refractivity contribution is 8.00. The van der Waals surface area contributed by atoms with Crippen LogP contribution in [0.1, 0.15) is 107 Å². The molecule has 0 aliphatic heterocycles. The zero-order chi connectivity index (χ0) is 33.0. The number of hydrogen-bond acceptors (Lipinski definition) is 4. The fourth-order valence-corrected chi connectivity index (χ4v) is 9.24. The molecule has 0 unspecified atom stereocenters. The van der Waals surface area contributed by atoms with Crippen LogP contribution in [0.15, 0.2) is 129 Å². The van der Waals surface area contributed by atoms with Crippen LogP contribution in [0.5, 0.6) is 0 Å². The number of fused-ring (bicyclic) bond motifs is 2. The van der Waals surface area contributed by atoms with Crippen molar-refractivity contribution in [2.45, 2.75) is 90.7 Å². The fraction of sp³-hybridized carbons (Fsp3) is 0.273. The third kappa shape index (κ3) is 6.97. The van der Waals surface area contributed by atoms with Crippen molar-refractivity contribution in [3.63, 3.8) is 0 Å². The lowest BCUT2D eigenvalue weighted by atomic mass is 9.77. The van der Waals surface area contributed by atoms with Crippen molar-refractivity contribution in [3.8, 4) is 11.1 Å². The minimum Gasteiger partial charge on any atom is -0.289 e. The van der Waals surface area contributed by atoms with Crippen molar-refractivity contribution in [1.29, 1.82) is 0 Å². The molecular weight excluding hydrogens is 625 g/mol. The van der Waals surface area contributed by atoms with Crippen LogP contribution in [0.2, 0.25) is 0 Å². The zero-order valence-corrected chi connectivity index (χ0v) is 29.5. The van der Waals surface area contributed by atoms with Gasteiger partial charge in [-0.05, 0) is 97.5 Å². The SMILES string of the molecule is CCCCCC1CCC(c2ccc(-c3ccc(Sc4ccc(Sc5ccc(C)cc5)c5c4C(=O)c4ccccc4C5=O)cc3)cc2)CC1. The Labute approximate surface area is 293 Å². The summed E-state index contributed by atoms with van der Waals surface area (Å²) >= 11 is 3.09. The standard InChI is InChI=1S/C44H42O2S2/c1-3-4-5-8-30-13-15-31(16-14-30)32-17-19-33(20-18-32)34-21-25-36(26-22-34)48-40-28-27-39(47-35-23-11-29(2)12-24-35)41-42(40)44(46)38-10-7-6-9-37(38)43(41)45/h6-7,9-12,17-28,30-31H,3-5,8,13-16H2,1-2H3. The summed E-state index contributed by atoms with van der Waals surface area (Å²) in [6, 6.07) is 37.3. The topological polar surface area (TPSA) is 34.1 Å². The third-order valence-corrected chi connectivity index (χ3v) is 12.2. The van der Waals surface area contributed by atoms with Crippen molar-refractivity contribution in [2.75, 3.05) is 0 Å². The first-order valence-corrected chi connectivity index (χ1v) is 19.1. The molecule has 1 saturated carbocycles. The Morgan fingerprint density at radius 1 is 0.583 bits per heavy atom. The van der Waals surface area contributed by atoms with E-state index in [9.17, 15) is 9.59 Å². The minimum absolute atomic E-state index is 0.0870. The molecule has 1 fully saturated rings. The molecule has 0 atom stereocenters. The Kier molecular flexibility index (Phi) is 10.0. The Morgan fingerprint density at radius 3 is 1.60 bits per heavy atom. The van der Waals surface area contributed by atoms with E-state index in [4.69, 9.17) is 0 Å². The number of ketones is 2. The van der Waals surface area contributed by atoms with Gasteiger partial charge >= 0.3 is 0 Å². The van der Waals surface area contributed by atoms with Crippen LogP contribution in [0.3, 0.4) is 0 Å². The van der Waals surface area contributed by atoms with Gasteiger partial charge in [0, 0.05) is 41.8 Å². The highest BCUT2D eigenvalue weighted by Gasteiger charge is 2.34. The Morgan fingerprint density at radius 2 is 1.08 bits per heavy atom. The quantitative estimate of drug-likeness (QED) is 0.136. The molecule has 0 heterocycles. The molecule has 4 heteroatoms. The summed E-state index contributed by atoms with van der Waals surface area (Å²) in [6.45, 7) is 4.35. The average molecular weight is 667 g/mol. The van der Waals surface area contributed by atoms with Crippen LogP contribution in [0, 0.1) is 12.8 Å². The van der Waals surface area contributed by atoms with Crippen LogP contribution in [0.25, 0.3) is 11.1 Å². The fourth-order valence-electron chi connectivity index (χ4n) is 7.32. The third-order valence-electron chi connectivity index (χ3n) is 10.1. The number of unbranched alkanes of at least 4 members (excludes halogenated alkanes) is 2. The van der Waals surface area contributed by atoms with Crippen molar-refractivity contribution >= 4 is 35.1 Å². The molecule has 5 aromatic carbocycles. The predicted octanol–water partition coefficient (Wildman–Crippen LogP) is 12.6. The van der Waals surface area contributed by atoms with Gasteiger partial charge in [-0.15, -0.1) is 0 Å². The smallest absolute Gasteiger partial charge is 0.195 e. The van der Waals surface area contributed by atoms with E-state index in [0.717, 1.165) is 25.5 Å². The summed E-state index contributed by atoms with van der Waals surface area (Å²) in [6.07, 6.45) is 10.9. The molecule has 242 valence electrons. The van der Waals surface area contributed by atoms with Gasteiger partial charge in [0.05, 0.1) is 0 Å². The van der Waals surface area contributed by atoms with Gasteiger partial charge in [0.15, 0.2) is 11.6 Å². The molecule has 0 spiro atoms. The van der Waals surface area contributed by atoms with Crippen molar-refractivity contribution in [3.05, 3.63) is 143 Å². The van der Waals surface area contributed by atoms with Gasteiger partial charge in [0.25, 0.3) is 0 Å². The van der Waals surface area contributed by atoms with Crippen LogP contribution in [-0.2, 0) is 0 Å². The van der Waals surface area contributed by atoms with Crippen molar-refractivity contribution in [2.24, 2.45) is 5.92 Å². The molecule has 0 amide bonds. The molecule has 0 N–H and O–H groups in total. The molecule has 2 aliphatic carbocycles. The lowest BCUT2D eigenvalue weighted by molar-refractivity contribution is 0.0974. The van der Waals surface area contributed by atoms with E-state index in [0.29, 0.717) is 28.2 Å². The van der Waals surface area contributed by atoms with E-state index >= 15 is 0 Å².